The second kappa shape index (κ2) is 11.0. The van der Waals surface area contributed by atoms with Crippen LogP contribution in [0.5, 0.6) is 0 Å². The molecule has 5 saturated carbocycles. The third-order valence-corrected chi connectivity index (χ3v) is 14.7. The standard InChI is InChI=1S/C36H54NO4.BrH/c1-24(38)25-12-17-36(31(40)41-23-22-37-20-8-7-9-21-37)19-18-34(5)26(30(25)36)10-11-28-33(4)15-14-29(39)32(2,3)27(33)13-16-35(28,34)6;/h7-9,20-21,25-30,39H,10-19,22-23H2,1-6H3;1H/q+1;/p-1/t25-,26+,27-,28+,29-,30+,33-,34+,35+,36-;/m0./s1. The highest BCUT2D eigenvalue weighted by Crippen LogP contribution is 2.77. The molecule has 10 atom stereocenters. The van der Waals surface area contributed by atoms with Gasteiger partial charge in [0.2, 0.25) is 0 Å². The van der Waals surface area contributed by atoms with Crippen LogP contribution in [0.15, 0.2) is 30.6 Å². The highest BCUT2D eigenvalue weighted by Gasteiger charge is 2.72. The molecule has 0 bridgehead atoms. The van der Waals surface area contributed by atoms with Gasteiger partial charge in [0.1, 0.15) is 5.78 Å². The normalized spacial score (nSPS) is 45.3. The lowest BCUT2D eigenvalue weighted by atomic mass is 9.32. The Morgan fingerprint density at radius 3 is 2.24 bits per heavy atom. The average Bonchev–Trinajstić information content (AvgIpc) is 3.33. The van der Waals surface area contributed by atoms with Gasteiger partial charge in [0.15, 0.2) is 25.5 Å². The second-order valence-corrected chi connectivity index (χ2v) is 16.2. The SMILES string of the molecule is CC(=O)[C@@H]1CC[C@]2(C(=O)OCC[n+]3ccccc3)CC[C@]3(C)[C@H](CC[C@@H]4[C@@]5(C)CC[C@H](O)C(C)(C)[C@@H]5CC[C@]43C)[C@@H]12.[Br-]. The number of aromatic nitrogens is 1. The van der Waals surface area contributed by atoms with E-state index >= 15 is 0 Å². The lowest BCUT2D eigenvalue weighted by Gasteiger charge is -2.72. The van der Waals surface area contributed by atoms with Gasteiger partial charge < -0.3 is 26.8 Å². The predicted octanol–water partition coefficient (Wildman–Crippen LogP) is 3.55. The minimum atomic E-state index is -0.525. The molecular weight excluding hydrogens is 590 g/mol. The maximum absolute atomic E-state index is 14.1. The van der Waals surface area contributed by atoms with E-state index < -0.39 is 5.41 Å². The number of aliphatic hydroxyl groups excluding tert-OH is 1. The van der Waals surface area contributed by atoms with Crippen LogP contribution in [0.4, 0.5) is 0 Å². The molecule has 0 saturated heterocycles. The summed E-state index contributed by atoms with van der Waals surface area (Å²) in [6.07, 6.45) is 13.9. The molecular formula is C36H54BrNO4. The Kier molecular flexibility index (Phi) is 8.39. The summed E-state index contributed by atoms with van der Waals surface area (Å²) in [7, 11) is 0. The lowest BCUT2D eigenvalue weighted by Crippen LogP contribution is -3.00. The zero-order chi connectivity index (χ0) is 29.4. The van der Waals surface area contributed by atoms with Crippen LogP contribution in [0.1, 0.15) is 106 Å². The van der Waals surface area contributed by atoms with Crippen molar-refractivity contribution >= 4 is 11.8 Å². The Morgan fingerprint density at radius 2 is 1.55 bits per heavy atom. The number of halogens is 1. The van der Waals surface area contributed by atoms with Crippen molar-refractivity contribution in [3.05, 3.63) is 30.6 Å². The predicted molar refractivity (Wildman–Crippen MR) is 158 cm³/mol. The quantitative estimate of drug-likeness (QED) is 0.394. The molecule has 1 N–H and O–H groups in total. The van der Waals surface area contributed by atoms with Gasteiger partial charge in [-0.15, -0.1) is 0 Å². The third-order valence-electron chi connectivity index (χ3n) is 14.7. The van der Waals surface area contributed by atoms with Crippen molar-refractivity contribution in [2.75, 3.05) is 6.61 Å². The summed E-state index contributed by atoms with van der Waals surface area (Å²) < 4.78 is 8.14. The van der Waals surface area contributed by atoms with Gasteiger partial charge in [-0.2, -0.15) is 0 Å². The Balaban J connectivity index is 0.00000353. The molecule has 5 nitrogen and oxygen atoms in total. The molecule has 0 aliphatic heterocycles. The van der Waals surface area contributed by atoms with Crippen LogP contribution in [0.2, 0.25) is 0 Å². The van der Waals surface area contributed by atoms with Crippen molar-refractivity contribution in [2.45, 2.75) is 118 Å². The number of carbonyl (C=O) groups is 2. The molecule has 5 aliphatic rings. The fourth-order valence-electron chi connectivity index (χ4n) is 12.4. The summed E-state index contributed by atoms with van der Waals surface area (Å²) in [6.45, 7) is 15.1. The first-order valence-corrected chi connectivity index (χ1v) is 16.6. The van der Waals surface area contributed by atoms with Gasteiger partial charge in [0, 0.05) is 18.1 Å². The van der Waals surface area contributed by atoms with Crippen LogP contribution >= 0.6 is 0 Å². The van der Waals surface area contributed by atoms with E-state index in [2.05, 4.69) is 39.2 Å². The number of hydrogen-bond donors (Lipinski definition) is 1. The molecule has 5 aliphatic carbocycles. The number of ether oxygens (including phenoxy) is 1. The van der Waals surface area contributed by atoms with Gasteiger partial charge in [-0.05, 0) is 116 Å². The first-order chi connectivity index (χ1) is 19.3. The van der Waals surface area contributed by atoms with Crippen molar-refractivity contribution in [2.24, 2.45) is 56.7 Å². The summed E-state index contributed by atoms with van der Waals surface area (Å²) in [4.78, 5) is 27.2. The minimum Gasteiger partial charge on any atom is -1.00 e. The monoisotopic (exact) mass is 643 g/mol. The minimum absolute atomic E-state index is 0. The van der Waals surface area contributed by atoms with E-state index in [1.54, 1.807) is 6.92 Å². The maximum Gasteiger partial charge on any atom is 0.312 e. The Hall–Kier alpha value is -1.27. The van der Waals surface area contributed by atoms with Crippen LogP contribution < -0.4 is 21.5 Å². The fourth-order valence-corrected chi connectivity index (χ4v) is 12.4. The molecule has 6 heteroatoms. The number of fused-ring (bicyclic) bond motifs is 7. The van der Waals surface area contributed by atoms with Crippen molar-refractivity contribution < 1.29 is 41.0 Å². The maximum atomic E-state index is 14.1. The molecule has 1 heterocycles. The fraction of sp³-hybridized carbons (Fsp3) is 0.806. The van der Waals surface area contributed by atoms with E-state index in [1.165, 1.54) is 19.3 Å². The van der Waals surface area contributed by atoms with E-state index in [0.717, 1.165) is 44.9 Å². The van der Waals surface area contributed by atoms with Crippen molar-refractivity contribution in [3.8, 4) is 0 Å². The molecule has 5 fully saturated rings. The number of esters is 1. The lowest BCUT2D eigenvalue weighted by molar-refractivity contribution is -0.698. The number of nitrogens with zero attached hydrogens (tertiary/aromatic N) is 1. The third kappa shape index (κ3) is 4.42. The van der Waals surface area contributed by atoms with E-state index in [0.29, 0.717) is 30.9 Å². The van der Waals surface area contributed by atoms with Gasteiger partial charge in [0.05, 0.1) is 11.5 Å². The van der Waals surface area contributed by atoms with Gasteiger partial charge >= 0.3 is 5.97 Å². The van der Waals surface area contributed by atoms with Gasteiger partial charge in [-0.25, -0.2) is 4.57 Å². The van der Waals surface area contributed by atoms with Gasteiger partial charge in [0.25, 0.3) is 0 Å². The molecule has 0 unspecified atom stereocenters. The molecule has 234 valence electrons. The van der Waals surface area contributed by atoms with Gasteiger partial charge in [-0.1, -0.05) is 40.7 Å². The zero-order valence-electron chi connectivity index (χ0n) is 26.8. The Labute approximate surface area is 264 Å². The molecule has 1 aromatic heterocycles. The molecule has 6 rings (SSSR count). The second-order valence-electron chi connectivity index (χ2n) is 16.2. The number of rotatable bonds is 5. The topological polar surface area (TPSA) is 67.5 Å². The van der Waals surface area contributed by atoms with Crippen LogP contribution in [-0.2, 0) is 20.9 Å². The van der Waals surface area contributed by atoms with Crippen molar-refractivity contribution in [1.82, 2.24) is 0 Å². The van der Waals surface area contributed by atoms with Crippen molar-refractivity contribution in [1.29, 1.82) is 0 Å². The molecule has 1 aromatic rings. The first-order valence-electron chi connectivity index (χ1n) is 16.6. The zero-order valence-corrected chi connectivity index (χ0v) is 28.4. The van der Waals surface area contributed by atoms with E-state index in [9.17, 15) is 14.7 Å². The molecule has 0 radical (unpaired) electrons. The Bertz CT molecular complexity index is 1190. The van der Waals surface area contributed by atoms with Crippen molar-refractivity contribution in [3.63, 3.8) is 0 Å². The highest BCUT2D eigenvalue weighted by atomic mass is 79.9. The average molecular weight is 645 g/mol. The largest absolute Gasteiger partial charge is 1.00 e. The molecule has 0 aromatic carbocycles. The summed E-state index contributed by atoms with van der Waals surface area (Å²) in [5, 5.41) is 11.0. The van der Waals surface area contributed by atoms with E-state index in [1.807, 2.05) is 30.6 Å². The van der Waals surface area contributed by atoms with Crippen LogP contribution in [0.25, 0.3) is 0 Å². The smallest absolute Gasteiger partial charge is 0.312 e. The Morgan fingerprint density at radius 1 is 0.833 bits per heavy atom. The molecule has 0 amide bonds. The van der Waals surface area contributed by atoms with Crippen LogP contribution in [0.3, 0.4) is 0 Å². The van der Waals surface area contributed by atoms with Gasteiger partial charge in [-0.3, -0.25) is 9.59 Å². The molecule has 0 spiro atoms. The summed E-state index contributed by atoms with van der Waals surface area (Å²) in [5.41, 5.74) is -0.0915. The highest BCUT2D eigenvalue weighted by molar-refractivity contribution is 5.84. The van der Waals surface area contributed by atoms with E-state index in [4.69, 9.17) is 4.74 Å². The number of pyridine rings is 1. The first kappa shape index (κ1) is 32.1. The molecule has 42 heavy (non-hydrogen) atoms. The number of ketones is 1. The summed E-state index contributed by atoms with van der Waals surface area (Å²) in [6, 6.07) is 5.98. The summed E-state index contributed by atoms with van der Waals surface area (Å²) >= 11 is 0. The number of hydrogen-bond acceptors (Lipinski definition) is 4. The van der Waals surface area contributed by atoms with Crippen LogP contribution in [0, 0.1) is 56.7 Å². The summed E-state index contributed by atoms with van der Waals surface area (Å²) in [5.74, 6) is 1.78. The van der Waals surface area contributed by atoms with Crippen LogP contribution in [-0.4, -0.2) is 29.6 Å². The van der Waals surface area contributed by atoms with E-state index in [-0.39, 0.29) is 68.3 Å². The number of Topliss-reactive ketones (excluding diaryl/α,β-unsaturated/α-hetero) is 1. The number of aliphatic hydroxyl groups is 1. The number of carbonyl (C=O) groups excluding carboxylic acids is 2.